The van der Waals surface area contributed by atoms with Crippen LogP contribution in [0.15, 0.2) is 33.9 Å². The molecule has 20 heavy (non-hydrogen) atoms. The smallest absolute Gasteiger partial charge is 0.340 e. The Morgan fingerprint density at radius 3 is 2.75 bits per heavy atom. The summed E-state index contributed by atoms with van der Waals surface area (Å²) in [7, 11) is -4.10. The number of nitrogens with one attached hydrogen (secondary N) is 2. The maximum Gasteiger partial charge on any atom is 0.340 e. The van der Waals surface area contributed by atoms with E-state index >= 15 is 0 Å². The molecule has 1 aromatic heterocycles. The van der Waals surface area contributed by atoms with Crippen LogP contribution in [0.25, 0.3) is 0 Å². The van der Waals surface area contributed by atoms with Gasteiger partial charge in [0.2, 0.25) is 0 Å². The fraction of sp³-hybridized carbons (Fsp3) is 0. The number of sulfonamides is 1. The predicted octanol–water partition coefficient (Wildman–Crippen LogP) is 2.32. The minimum Gasteiger partial charge on any atom is -0.478 e. The Bertz CT molecular complexity index is 775. The fourth-order valence-corrected chi connectivity index (χ4v) is 3.48. The number of nitrogens with zero attached hydrogens (tertiary/aromatic N) is 1. The van der Waals surface area contributed by atoms with E-state index in [1.165, 1.54) is 18.2 Å². The Morgan fingerprint density at radius 2 is 2.15 bits per heavy atom. The highest BCUT2D eigenvalue weighted by molar-refractivity contribution is 9.10. The summed E-state index contributed by atoms with van der Waals surface area (Å²) in [5, 5.41) is 14.4. The Morgan fingerprint density at radius 1 is 1.45 bits per heavy atom. The van der Waals surface area contributed by atoms with Crippen LogP contribution in [0.5, 0.6) is 0 Å². The molecule has 0 unspecified atom stereocenters. The number of halogens is 2. The molecule has 0 saturated carbocycles. The number of H-pyrrole nitrogens is 1. The summed E-state index contributed by atoms with van der Waals surface area (Å²) in [6.07, 6.45) is 0.924. The summed E-state index contributed by atoms with van der Waals surface area (Å²) in [5.74, 6) is -1.39. The van der Waals surface area contributed by atoms with E-state index in [0.29, 0.717) is 9.50 Å². The van der Waals surface area contributed by atoms with Gasteiger partial charge in [0.25, 0.3) is 10.0 Å². The molecule has 0 aliphatic heterocycles. The van der Waals surface area contributed by atoms with E-state index < -0.39 is 26.6 Å². The monoisotopic (exact) mass is 379 g/mol. The van der Waals surface area contributed by atoms with E-state index in [2.05, 4.69) is 30.8 Å². The molecule has 0 fully saturated rings. The van der Waals surface area contributed by atoms with Gasteiger partial charge in [-0.1, -0.05) is 11.6 Å². The van der Waals surface area contributed by atoms with Crippen LogP contribution in [0.3, 0.4) is 0 Å². The number of hydrogen-bond acceptors (Lipinski definition) is 4. The zero-order chi connectivity index (χ0) is 14.9. The third-order valence-electron chi connectivity index (χ3n) is 2.28. The van der Waals surface area contributed by atoms with Crippen LogP contribution in [-0.4, -0.2) is 29.7 Å². The van der Waals surface area contributed by atoms with E-state index in [-0.39, 0.29) is 5.69 Å². The first-order valence-electron chi connectivity index (χ1n) is 5.06. The molecule has 0 radical (unpaired) electrons. The first-order valence-corrected chi connectivity index (χ1v) is 7.71. The average Bonchev–Trinajstić information content (AvgIpc) is 2.82. The van der Waals surface area contributed by atoms with Gasteiger partial charge in [-0.3, -0.25) is 9.82 Å². The predicted molar refractivity (Wildman–Crippen MR) is 75.5 cm³/mol. The molecule has 2 aromatic rings. The number of benzene rings is 1. The van der Waals surface area contributed by atoms with Gasteiger partial charge in [0, 0.05) is 9.50 Å². The van der Waals surface area contributed by atoms with Gasteiger partial charge in [0.15, 0.2) is 5.03 Å². The summed E-state index contributed by atoms with van der Waals surface area (Å²) >= 11 is 8.91. The highest BCUT2D eigenvalue weighted by Crippen LogP contribution is 2.28. The molecule has 0 saturated heterocycles. The van der Waals surface area contributed by atoms with Gasteiger partial charge in [-0.15, -0.1) is 0 Å². The van der Waals surface area contributed by atoms with Gasteiger partial charge in [-0.2, -0.15) is 13.5 Å². The lowest BCUT2D eigenvalue weighted by Crippen LogP contribution is -2.17. The van der Waals surface area contributed by atoms with Crippen LogP contribution < -0.4 is 4.72 Å². The number of aromatic carboxylic acids is 1. The molecule has 106 valence electrons. The standard InChI is InChI=1S/C10H7BrClN3O4S/c11-7-3-5(12)1-2-8(7)15-20(18,19)9-6(10(16)17)4-13-14-9/h1-4,15H,(H,13,14)(H,16,17). The molecule has 0 amide bonds. The van der Waals surface area contributed by atoms with Crippen molar-refractivity contribution in [3.63, 3.8) is 0 Å². The number of hydrogen-bond donors (Lipinski definition) is 3. The van der Waals surface area contributed by atoms with Crippen molar-refractivity contribution in [2.24, 2.45) is 0 Å². The Balaban J connectivity index is 2.41. The van der Waals surface area contributed by atoms with E-state index in [1.807, 2.05) is 0 Å². The molecule has 1 heterocycles. The van der Waals surface area contributed by atoms with Crippen molar-refractivity contribution in [3.8, 4) is 0 Å². The number of carboxylic acid groups (broad SMARTS) is 1. The third kappa shape index (κ3) is 2.94. The van der Waals surface area contributed by atoms with E-state index in [1.54, 1.807) is 0 Å². The Kier molecular flexibility index (Phi) is 4.02. The first-order chi connectivity index (χ1) is 9.31. The number of carbonyl (C=O) groups is 1. The normalized spacial score (nSPS) is 11.3. The zero-order valence-corrected chi connectivity index (χ0v) is 12.8. The zero-order valence-electron chi connectivity index (χ0n) is 9.59. The van der Waals surface area contributed by atoms with Crippen molar-refractivity contribution in [1.82, 2.24) is 10.2 Å². The van der Waals surface area contributed by atoms with E-state index in [4.69, 9.17) is 16.7 Å². The highest BCUT2D eigenvalue weighted by atomic mass is 79.9. The maximum atomic E-state index is 12.1. The fourth-order valence-electron chi connectivity index (χ4n) is 1.40. The second kappa shape index (κ2) is 5.43. The van der Waals surface area contributed by atoms with Crippen molar-refractivity contribution in [3.05, 3.63) is 39.5 Å². The molecule has 0 atom stereocenters. The lowest BCUT2D eigenvalue weighted by Gasteiger charge is -2.09. The van der Waals surface area contributed by atoms with Gasteiger partial charge in [-0.05, 0) is 34.1 Å². The molecule has 2 rings (SSSR count). The van der Waals surface area contributed by atoms with Gasteiger partial charge in [0.05, 0.1) is 11.9 Å². The minimum absolute atomic E-state index is 0.223. The summed E-state index contributed by atoms with van der Waals surface area (Å²) in [6.45, 7) is 0. The number of aromatic amines is 1. The lowest BCUT2D eigenvalue weighted by atomic mass is 10.3. The molecule has 3 N–H and O–H groups in total. The largest absolute Gasteiger partial charge is 0.478 e. The van der Waals surface area contributed by atoms with Crippen LogP contribution in [0.2, 0.25) is 5.02 Å². The molecule has 0 spiro atoms. The van der Waals surface area contributed by atoms with Gasteiger partial charge in [-0.25, -0.2) is 4.79 Å². The second-order valence-corrected chi connectivity index (χ2v) is 6.56. The number of rotatable bonds is 4. The summed E-state index contributed by atoms with van der Waals surface area (Å²) < 4.78 is 26.9. The molecule has 10 heteroatoms. The highest BCUT2D eigenvalue weighted by Gasteiger charge is 2.25. The van der Waals surface area contributed by atoms with Crippen molar-refractivity contribution in [2.45, 2.75) is 5.03 Å². The van der Waals surface area contributed by atoms with Crippen LogP contribution in [0.1, 0.15) is 10.4 Å². The summed E-state index contributed by atoms with van der Waals surface area (Å²) in [6, 6.07) is 4.44. The van der Waals surface area contributed by atoms with Crippen LogP contribution >= 0.6 is 27.5 Å². The quantitative estimate of drug-likeness (QED) is 0.753. The molecule has 0 aliphatic carbocycles. The molecule has 7 nitrogen and oxygen atoms in total. The second-order valence-electron chi connectivity index (χ2n) is 3.65. The van der Waals surface area contributed by atoms with Gasteiger partial charge >= 0.3 is 5.97 Å². The number of carboxylic acids is 1. The van der Waals surface area contributed by atoms with E-state index in [0.717, 1.165) is 6.20 Å². The Labute approximate surface area is 127 Å². The molecular formula is C10H7BrClN3O4S. The molecule has 0 aliphatic rings. The maximum absolute atomic E-state index is 12.1. The summed E-state index contributed by atoms with van der Waals surface area (Å²) in [4.78, 5) is 10.9. The van der Waals surface area contributed by atoms with Crippen molar-refractivity contribution < 1.29 is 18.3 Å². The molecule has 1 aromatic carbocycles. The van der Waals surface area contributed by atoms with Crippen LogP contribution in [0.4, 0.5) is 5.69 Å². The first kappa shape index (κ1) is 14.8. The van der Waals surface area contributed by atoms with Crippen molar-refractivity contribution in [2.75, 3.05) is 4.72 Å². The molecular weight excluding hydrogens is 374 g/mol. The van der Waals surface area contributed by atoms with Gasteiger partial charge < -0.3 is 5.11 Å². The van der Waals surface area contributed by atoms with Crippen molar-refractivity contribution >= 4 is 49.2 Å². The van der Waals surface area contributed by atoms with Crippen LogP contribution in [0, 0.1) is 0 Å². The summed E-state index contributed by atoms with van der Waals surface area (Å²) in [5.41, 5.74) is -0.220. The average molecular weight is 381 g/mol. The SMILES string of the molecule is O=C(O)c1cn[nH]c1S(=O)(=O)Nc1ccc(Cl)cc1Br. The topological polar surface area (TPSA) is 112 Å². The molecule has 0 bridgehead atoms. The van der Waals surface area contributed by atoms with Crippen molar-refractivity contribution in [1.29, 1.82) is 0 Å². The minimum atomic E-state index is -4.10. The number of aromatic nitrogens is 2. The van der Waals surface area contributed by atoms with E-state index in [9.17, 15) is 13.2 Å². The van der Waals surface area contributed by atoms with Gasteiger partial charge in [0.1, 0.15) is 5.56 Å². The third-order valence-corrected chi connectivity index (χ3v) is 4.51. The Hall–Kier alpha value is -1.58. The lowest BCUT2D eigenvalue weighted by molar-refractivity contribution is 0.0692. The number of anilines is 1. The van der Waals surface area contributed by atoms with Crippen LogP contribution in [-0.2, 0) is 10.0 Å².